The second-order valence-corrected chi connectivity index (χ2v) is 7.59. The van der Waals surface area contributed by atoms with Crippen LogP contribution in [0.1, 0.15) is 0 Å². The Bertz CT molecular complexity index is 1450. The molecule has 28 heavy (non-hydrogen) atoms. The van der Waals surface area contributed by atoms with E-state index in [2.05, 4.69) is 67.4 Å². The van der Waals surface area contributed by atoms with E-state index in [1.54, 1.807) is 23.7 Å². The molecule has 0 saturated carbocycles. The highest BCUT2D eigenvalue weighted by Gasteiger charge is 2.15. The highest BCUT2D eigenvalue weighted by Crippen LogP contribution is 2.38. The SMILES string of the molecule is c1ccc2c(c1)c1c3ccsc3ccc1n2-c1cnc(-c2ccncc2)nc1. The van der Waals surface area contributed by atoms with Gasteiger partial charge in [-0.15, -0.1) is 11.3 Å². The Hall–Kier alpha value is -3.57. The van der Waals surface area contributed by atoms with Gasteiger partial charge in [-0.3, -0.25) is 4.98 Å². The van der Waals surface area contributed by atoms with Gasteiger partial charge in [-0.1, -0.05) is 18.2 Å². The van der Waals surface area contributed by atoms with Crippen molar-refractivity contribution in [3.05, 3.63) is 84.8 Å². The van der Waals surface area contributed by atoms with Crippen molar-refractivity contribution in [2.75, 3.05) is 0 Å². The first-order valence-corrected chi connectivity index (χ1v) is 9.90. The van der Waals surface area contributed by atoms with Crippen molar-refractivity contribution in [2.45, 2.75) is 0 Å². The van der Waals surface area contributed by atoms with Crippen molar-refractivity contribution in [2.24, 2.45) is 0 Å². The van der Waals surface area contributed by atoms with Gasteiger partial charge in [-0.25, -0.2) is 9.97 Å². The first-order valence-electron chi connectivity index (χ1n) is 9.02. The molecule has 0 unspecified atom stereocenters. The molecule has 2 aromatic carbocycles. The van der Waals surface area contributed by atoms with Crippen molar-refractivity contribution in [1.82, 2.24) is 19.5 Å². The number of rotatable bonds is 2. The van der Waals surface area contributed by atoms with Crippen molar-refractivity contribution < 1.29 is 0 Å². The van der Waals surface area contributed by atoms with Crippen molar-refractivity contribution >= 4 is 43.2 Å². The summed E-state index contributed by atoms with van der Waals surface area (Å²) in [4.78, 5) is 13.3. The number of fused-ring (bicyclic) bond motifs is 5. The lowest BCUT2D eigenvalue weighted by Crippen LogP contribution is -1.97. The van der Waals surface area contributed by atoms with Gasteiger partial charge in [0, 0.05) is 38.8 Å². The van der Waals surface area contributed by atoms with E-state index in [0.717, 1.165) is 16.8 Å². The average Bonchev–Trinajstić information content (AvgIpc) is 3.36. The van der Waals surface area contributed by atoms with E-state index in [4.69, 9.17) is 0 Å². The fraction of sp³-hybridized carbons (Fsp3) is 0. The predicted molar refractivity (Wildman–Crippen MR) is 115 cm³/mol. The first-order chi connectivity index (χ1) is 13.9. The Kier molecular flexibility index (Phi) is 3.30. The average molecular weight is 378 g/mol. The lowest BCUT2D eigenvalue weighted by molar-refractivity contribution is 1.08. The van der Waals surface area contributed by atoms with Crippen LogP contribution in [0.4, 0.5) is 0 Å². The molecule has 0 radical (unpaired) electrons. The number of hydrogen-bond acceptors (Lipinski definition) is 4. The molecule has 0 atom stereocenters. The van der Waals surface area contributed by atoms with E-state index >= 15 is 0 Å². The number of thiophene rings is 1. The zero-order valence-electron chi connectivity index (χ0n) is 14.8. The van der Waals surface area contributed by atoms with Crippen LogP contribution in [0, 0.1) is 0 Å². The third-order valence-corrected chi connectivity index (χ3v) is 5.99. The third kappa shape index (κ3) is 2.20. The number of nitrogens with zero attached hydrogens (tertiary/aromatic N) is 4. The Labute approximate surface area is 164 Å². The van der Waals surface area contributed by atoms with Crippen LogP contribution in [0.5, 0.6) is 0 Å². The number of aromatic nitrogens is 4. The van der Waals surface area contributed by atoms with E-state index in [0.29, 0.717) is 5.82 Å². The molecular formula is C23H14N4S. The molecule has 6 rings (SSSR count). The molecule has 0 fully saturated rings. The number of para-hydroxylation sites is 1. The van der Waals surface area contributed by atoms with Crippen LogP contribution in [-0.4, -0.2) is 19.5 Å². The van der Waals surface area contributed by atoms with Gasteiger partial charge < -0.3 is 4.57 Å². The summed E-state index contributed by atoms with van der Waals surface area (Å²) in [5, 5.41) is 5.99. The fourth-order valence-corrected chi connectivity index (χ4v) is 4.67. The fourth-order valence-electron chi connectivity index (χ4n) is 3.88. The standard InChI is InChI=1S/C23H14N4S/c1-2-4-19-17(3-1)22-18-9-12-28-21(18)6-5-20(22)27(19)16-13-25-23(26-14-16)15-7-10-24-11-8-15/h1-14H. The maximum Gasteiger partial charge on any atom is 0.159 e. The van der Waals surface area contributed by atoms with Gasteiger partial charge in [0.15, 0.2) is 5.82 Å². The zero-order valence-corrected chi connectivity index (χ0v) is 15.6. The van der Waals surface area contributed by atoms with Crippen LogP contribution < -0.4 is 0 Å². The van der Waals surface area contributed by atoms with Crippen molar-refractivity contribution in [3.63, 3.8) is 0 Å². The van der Waals surface area contributed by atoms with Gasteiger partial charge in [0.05, 0.1) is 29.1 Å². The number of benzene rings is 2. The minimum atomic E-state index is 0.701. The summed E-state index contributed by atoms with van der Waals surface area (Å²) in [7, 11) is 0. The van der Waals surface area contributed by atoms with Crippen molar-refractivity contribution in [3.8, 4) is 17.1 Å². The summed E-state index contributed by atoms with van der Waals surface area (Å²) in [6, 6.07) is 19.0. The third-order valence-electron chi connectivity index (χ3n) is 5.10. The molecule has 5 heteroatoms. The van der Waals surface area contributed by atoms with E-state index in [9.17, 15) is 0 Å². The monoisotopic (exact) mass is 378 g/mol. The van der Waals surface area contributed by atoms with Crippen LogP contribution in [0.2, 0.25) is 0 Å². The predicted octanol–water partition coefficient (Wildman–Crippen LogP) is 5.85. The smallest absolute Gasteiger partial charge is 0.159 e. The van der Waals surface area contributed by atoms with Crippen LogP contribution >= 0.6 is 11.3 Å². The Morgan fingerprint density at radius 1 is 0.750 bits per heavy atom. The summed E-state index contributed by atoms with van der Waals surface area (Å²) in [6.07, 6.45) is 7.30. The molecule has 0 aliphatic rings. The normalized spacial score (nSPS) is 11.6. The molecular weight excluding hydrogens is 364 g/mol. The summed E-state index contributed by atoms with van der Waals surface area (Å²) in [5.41, 5.74) is 4.26. The van der Waals surface area contributed by atoms with Crippen LogP contribution in [0.3, 0.4) is 0 Å². The number of pyridine rings is 1. The van der Waals surface area contributed by atoms with Crippen LogP contribution in [0.15, 0.2) is 84.8 Å². The molecule has 0 aliphatic heterocycles. The summed E-state index contributed by atoms with van der Waals surface area (Å²) < 4.78 is 3.55. The van der Waals surface area contributed by atoms with E-state index < -0.39 is 0 Å². The lowest BCUT2D eigenvalue weighted by Gasteiger charge is -2.08. The highest BCUT2D eigenvalue weighted by molar-refractivity contribution is 7.17. The van der Waals surface area contributed by atoms with Crippen LogP contribution in [0.25, 0.3) is 49.0 Å². The van der Waals surface area contributed by atoms with Crippen LogP contribution in [-0.2, 0) is 0 Å². The molecule has 132 valence electrons. The molecule has 0 saturated heterocycles. The molecule has 4 heterocycles. The summed E-state index contributed by atoms with van der Waals surface area (Å²) in [5.74, 6) is 0.701. The number of hydrogen-bond donors (Lipinski definition) is 0. The van der Waals surface area contributed by atoms with E-state index in [1.165, 1.54) is 26.4 Å². The minimum absolute atomic E-state index is 0.701. The topological polar surface area (TPSA) is 43.6 Å². The lowest BCUT2D eigenvalue weighted by atomic mass is 10.1. The van der Waals surface area contributed by atoms with E-state index in [-0.39, 0.29) is 0 Å². The second kappa shape index (κ2) is 5.97. The maximum atomic E-state index is 4.61. The highest BCUT2D eigenvalue weighted by atomic mass is 32.1. The summed E-state index contributed by atoms with van der Waals surface area (Å²) >= 11 is 1.78. The van der Waals surface area contributed by atoms with E-state index in [1.807, 2.05) is 24.5 Å². The molecule has 0 bridgehead atoms. The Morgan fingerprint density at radius 2 is 1.57 bits per heavy atom. The van der Waals surface area contributed by atoms with Gasteiger partial charge in [0.25, 0.3) is 0 Å². The zero-order chi connectivity index (χ0) is 18.5. The molecule has 4 aromatic heterocycles. The molecule has 4 nitrogen and oxygen atoms in total. The van der Waals surface area contributed by atoms with Gasteiger partial charge in [0.1, 0.15) is 0 Å². The second-order valence-electron chi connectivity index (χ2n) is 6.65. The van der Waals surface area contributed by atoms with Gasteiger partial charge in [0.2, 0.25) is 0 Å². The van der Waals surface area contributed by atoms with Gasteiger partial charge in [-0.05, 0) is 41.8 Å². The molecule has 0 amide bonds. The van der Waals surface area contributed by atoms with Crippen molar-refractivity contribution in [1.29, 1.82) is 0 Å². The molecule has 0 spiro atoms. The Balaban J connectivity index is 1.63. The van der Waals surface area contributed by atoms with Gasteiger partial charge in [-0.2, -0.15) is 0 Å². The Morgan fingerprint density at radius 3 is 2.43 bits per heavy atom. The molecule has 0 N–H and O–H groups in total. The maximum absolute atomic E-state index is 4.61. The summed E-state index contributed by atoms with van der Waals surface area (Å²) in [6.45, 7) is 0. The molecule has 6 aromatic rings. The molecule has 0 aliphatic carbocycles. The largest absolute Gasteiger partial charge is 0.306 e. The minimum Gasteiger partial charge on any atom is -0.306 e. The quantitative estimate of drug-likeness (QED) is 0.379. The van der Waals surface area contributed by atoms with Gasteiger partial charge >= 0.3 is 0 Å². The first kappa shape index (κ1) is 15.5.